The second-order valence-electron chi connectivity index (χ2n) is 5.02. The van der Waals surface area contributed by atoms with Crippen LogP contribution < -0.4 is 10.6 Å². The van der Waals surface area contributed by atoms with Crippen LogP contribution >= 0.6 is 0 Å². The van der Waals surface area contributed by atoms with Crippen LogP contribution in [0.15, 0.2) is 18.2 Å². The third-order valence-corrected chi connectivity index (χ3v) is 3.23. The highest BCUT2D eigenvalue weighted by atomic mass is 16.1. The van der Waals surface area contributed by atoms with Gasteiger partial charge in [0.05, 0.1) is 0 Å². The molecular formula is C16H26N2O. The van der Waals surface area contributed by atoms with Gasteiger partial charge in [-0.05, 0) is 37.9 Å². The van der Waals surface area contributed by atoms with Crippen LogP contribution in [0.4, 0.5) is 5.69 Å². The van der Waals surface area contributed by atoms with E-state index in [4.69, 9.17) is 0 Å². The molecule has 0 aliphatic rings. The van der Waals surface area contributed by atoms with Crippen molar-refractivity contribution >= 4 is 11.6 Å². The van der Waals surface area contributed by atoms with Crippen molar-refractivity contribution in [2.24, 2.45) is 0 Å². The average Bonchev–Trinajstić information content (AvgIpc) is 2.38. The summed E-state index contributed by atoms with van der Waals surface area (Å²) in [5.74, 6) is 0.0837. The highest BCUT2D eigenvalue weighted by molar-refractivity contribution is 5.92. The van der Waals surface area contributed by atoms with Crippen molar-refractivity contribution in [3.63, 3.8) is 0 Å². The number of rotatable bonds is 8. The molecule has 0 fully saturated rings. The van der Waals surface area contributed by atoms with Gasteiger partial charge in [-0.2, -0.15) is 0 Å². The second-order valence-corrected chi connectivity index (χ2v) is 5.02. The number of hydrogen-bond donors (Lipinski definition) is 2. The first-order valence-electron chi connectivity index (χ1n) is 7.22. The summed E-state index contributed by atoms with van der Waals surface area (Å²) in [7, 11) is 0. The summed E-state index contributed by atoms with van der Waals surface area (Å²) in [6, 6.07) is 6.05. The van der Waals surface area contributed by atoms with E-state index in [2.05, 4.69) is 17.6 Å². The van der Waals surface area contributed by atoms with Gasteiger partial charge in [-0.3, -0.25) is 4.79 Å². The molecule has 0 radical (unpaired) electrons. The molecule has 0 saturated heterocycles. The van der Waals surface area contributed by atoms with E-state index in [1.54, 1.807) is 0 Å². The zero-order valence-corrected chi connectivity index (χ0v) is 12.4. The van der Waals surface area contributed by atoms with Crippen molar-refractivity contribution in [1.82, 2.24) is 5.32 Å². The Balaban J connectivity index is 2.28. The molecule has 0 atom stereocenters. The lowest BCUT2D eigenvalue weighted by molar-refractivity contribution is -0.116. The van der Waals surface area contributed by atoms with Gasteiger partial charge in [-0.1, -0.05) is 38.0 Å². The SMILES string of the molecule is CCCCCNCCC(=O)Nc1c(C)cccc1C. The molecule has 0 spiro atoms. The van der Waals surface area contributed by atoms with Gasteiger partial charge >= 0.3 is 0 Å². The van der Waals surface area contributed by atoms with Crippen LogP contribution in [-0.4, -0.2) is 19.0 Å². The van der Waals surface area contributed by atoms with Gasteiger partial charge in [0.1, 0.15) is 0 Å². The summed E-state index contributed by atoms with van der Waals surface area (Å²) in [5, 5.41) is 6.31. The second kappa shape index (κ2) is 8.70. The van der Waals surface area contributed by atoms with E-state index < -0.39 is 0 Å². The van der Waals surface area contributed by atoms with Crippen LogP contribution in [0.2, 0.25) is 0 Å². The lowest BCUT2D eigenvalue weighted by atomic mass is 10.1. The fourth-order valence-electron chi connectivity index (χ4n) is 2.04. The van der Waals surface area contributed by atoms with E-state index in [1.165, 1.54) is 19.3 Å². The fraction of sp³-hybridized carbons (Fsp3) is 0.562. The van der Waals surface area contributed by atoms with Crippen LogP contribution in [0, 0.1) is 13.8 Å². The minimum atomic E-state index is 0.0837. The predicted molar refractivity (Wildman–Crippen MR) is 81.6 cm³/mol. The van der Waals surface area contributed by atoms with E-state index in [-0.39, 0.29) is 5.91 Å². The Bertz CT molecular complexity index is 381. The van der Waals surface area contributed by atoms with Crippen molar-refractivity contribution < 1.29 is 4.79 Å². The number of benzene rings is 1. The first-order valence-corrected chi connectivity index (χ1v) is 7.22. The number of para-hydroxylation sites is 1. The largest absolute Gasteiger partial charge is 0.326 e. The van der Waals surface area contributed by atoms with Gasteiger partial charge in [0.2, 0.25) is 5.91 Å². The summed E-state index contributed by atoms with van der Waals surface area (Å²) in [6.07, 6.45) is 4.20. The Morgan fingerprint density at radius 2 is 1.79 bits per heavy atom. The number of nitrogens with one attached hydrogen (secondary N) is 2. The van der Waals surface area contributed by atoms with Gasteiger partial charge < -0.3 is 10.6 Å². The summed E-state index contributed by atoms with van der Waals surface area (Å²) in [4.78, 5) is 11.9. The molecule has 0 unspecified atom stereocenters. The maximum atomic E-state index is 11.9. The first kappa shape index (κ1) is 15.7. The number of carbonyl (C=O) groups excluding carboxylic acids is 1. The van der Waals surface area contributed by atoms with Crippen molar-refractivity contribution in [3.05, 3.63) is 29.3 Å². The predicted octanol–water partition coefficient (Wildman–Crippen LogP) is 3.41. The monoisotopic (exact) mass is 262 g/mol. The number of aryl methyl sites for hydroxylation is 2. The quantitative estimate of drug-likeness (QED) is 0.705. The van der Waals surface area contributed by atoms with Crippen molar-refractivity contribution in [2.45, 2.75) is 46.5 Å². The summed E-state index contributed by atoms with van der Waals surface area (Å²) >= 11 is 0. The maximum absolute atomic E-state index is 11.9. The van der Waals surface area contributed by atoms with E-state index in [9.17, 15) is 4.79 Å². The van der Waals surface area contributed by atoms with Gasteiger partial charge in [-0.25, -0.2) is 0 Å². The Hall–Kier alpha value is -1.35. The minimum Gasteiger partial charge on any atom is -0.326 e. The molecule has 1 aromatic rings. The Labute approximate surface area is 116 Å². The molecule has 0 aliphatic heterocycles. The van der Waals surface area contributed by atoms with Gasteiger partial charge in [-0.15, -0.1) is 0 Å². The van der Waals surface area contributed by atoms with E-state index in [0.29, 0.717) is 6.42 Å². The molecule has 0 bridgehead atoms. The lowest BCUT2D eigenvalue weighted by Crippen LogP contribution is -2.23. The average molecular weight is 262 g/mol. The zero-order valence-electron chi connectivity index (χ0n) is 12.4. The maximum Gasteiger partial charge on any atom is 0.225 e. The Morgan fingerprint density at radius 1 is 1.11 bits per heavy atom. The zero-order chi connectivity index (χ0) is 14.1. The van der Waals surface area contributed by atoms with Crippen LogP contribution in [-0.2, 0) is 4.79 Å². The van der Waals surface area contributed by atoms with Gasteiger partial charge in [0.25, 0.3) is 0 Å². The molecule has 1 aromatic carbocycles. The van der Waals surface area contributed by atoms with Crippen LogP contribution in [0.25, 0.3) is 0 Å². The fourth-order valence-corrected chi connectivity index (χ4v) is 2.04. The molecule has 1 rings (SSSR count). The summed E-state index contributed by atoms with van der Waals surface area (Å²) < 4.78 is 0. The third kappa shape index (κ3) is 5.88. The third-order valence-electron chi connectivity index (χ3n) is 3.23. The highest BCUT2D eigenvalue weighted by Crippen LogP contribution is 2.19. The Morgan fingerprint density at radius 3 is 2.42 bits per heavy atom. The lowest BCUT2D eigenvalue weighted by Gasteiger charge is -2.11. The molecule has 106 valence electrons. The van der Waals surface area contributed by atoms with E-state index in [0.717, 1.165) is 29.9 Å². The summed E-state index contributed by atoms with van der Waals surface area (Å²) in [5.41, 5.74) is 3.19. The smallest absolute Gasteiger partial charge is 0.225 e. The van der Waals surface area contributed by atoms with Gasteiger partial charge in [0, 0.05) is 18.7 Å². The topological polar surface area (TPSA) is 41.1 Å². The van der Waals surface area contributed by atoms with Crippen molar-refractivity contribution in [2.75, 3.05) is 18.4 Å². The highest BCUT2D eigenvalue weighted by Gasteiger charge is 2.06. The van der Waals surface area contributed by atoms with E-state index in [1.807, 2.05) is 32.0 Å². The summed E-state index contributed by atoms with van der Waals surface area (Å²) in [6.45, 7) is 7.99. The molecule has 3 heteroatoms. The minimum absolute atomic E-state index is 0.0837. The molecule has 0 aromatic heterocycles. The number of amides is 1. The van der Waals surface area contributed by atoms with Crippen molar-refractivity contribution in [3.8, 4) is 0 Å². The number of anilines is 1. The van der Waals surface area contributed by atoms with Gasteiger partial charge in [0.15, 0.2) is 0 Å². The molecule has 0 saturated carbocycles. The van der Waals surface area contributed by atoms with E-state index >= 15 is 0 Å². The number of hydrogen-bond acceptors (Lipinski definition) is 2. The van der Waals surface area contributed by atoms with Crippen molar-refractivity contribution in [1.29, 1.82) is 0 Å². The molecular weight excluding hydrogens is 236 g/mol. The number of unbranched alkanes of at least 4 members (excludes halogenated alkanes) is 2. The molecule has 19 heavy (non-hydrogen) atoms. The standard InChI is InChI=1S/C16H26N2O/c1-4-5-6-11-17-12-10-15(19)18-16-13(2)8-7-9-14(16)3/h7-9,17H,4-6,10-12H2,1-3H3,(H,18,19). The van der Waals surface area contributed by atoms with Crippen LogP contribution in [0.3, 0.4) is 0 Å². The molecule has 0 aliphatic carbocycles. The number of carbonyl (C=O) groups is 1. The molecule has 3 nitrogen and oxygen atoms in total. The van der Waals surface area contributed by atoms with Crippen LogP contribution in [0.1, 0.15) is 43.7 Å². The molecule has 1 amide bonds. The molecule has 2 N–H and O–H groups in total. The van der Waals surface area contributed by atoms with Crippen LogP contribution in [0.5, 0.6) is 0 Å². The Kier molecular flexibility index (Phi) is 7.19. The normalized spacial score (nSPS) is 10.5. The molecule has 0 heterocycles. The first-order chi connectivity index (χ1) is 9.15.